The van der Waals surface area contributed by atoms with E-state index in [0.29, 0.717) is 42.1 Å². The Morgan fingerprint density at radius 1 is 1.22 bits per heavy atom. The minimum atomic E-state index is -0.148. The van der Waals surface area contributed by atoms with E-state index in [4.69, 9.17) is 13.9 Å². The number of benzene rings is 1. The second-order valence-corrected chi connectivity index (χ2v) is 6.89. The maximum Gasteiger partial charge on any atom is 0.321 e. The summed E-state index contributed by atoms with van der Waals surface area (Å²) in [5.41, 5.74) is 0.615. The number of ether oxygens (including phenoxy) is 2. The molecule has 2 amide bonds. The molecule has 0 saturated carbocycles. The zero-order valence-corrected chi connectivity index (χ0v) is 16.2. The Balaban J connectivity index is 1.58. The number of methoxy groups -OCH3 is 2. The summed E-state index contributed by atoms with van der Waals surface area (Å²) < 4.78 is 16.3. The molecular weight excluding hydrogens is 348 g/mol. The molecule has 8 nitrogen and oxygen atoms in total. The second-order valence-electron chi connectivity index (χ2n) is 6.89. The van der Waals surface area contributed by atoms with E-state index in [1.807, 2.05) is 13.8 Å². The number of aromatic nitrogens is 2. The van der Waals surface area contributed by atoms with Crippen LogP contribution in [0.3, 0.4) is 0 Å². The van der Waals surface area contributed by atoms with Crippen LogP contribution in [0.4, 0.5) is 10.5 Å². The zero-order chi connectivity index (χ0) is 19.4. The van der Waals surface area contributed by atoms with Crippen LogP contribution in [-0.4, -0.2) is 48.4 Å². The molecule has 3 rings (SSSR count). The highest BCUT2D eigenvalue weighted by Crippen LogP contribution is 2.31. The first kappa shape index (κ1) is 19.0. The van der Waals surface area contributed by atoms with E-state index in [0.717, 1.165) is 12.8 Å². The van der Waals surface area contributed by atoms with Crippen LogP contribution in [0.5, 0.6) is 11.5 Å². The predicted molar refractivity (Wildman–Crippen MR) is 100 cm³/mol. The molecule has 0 radical (unpaired) electrons. The third-order valence-corrected chi connectivity index (χ3v) is 4.73. The lowest BCUT2D eigenvalue weighted by Crippen LogP contribution is -2.40. The molecule has 1 fully saturated rings. The molecule has 27 heavy (non-hydrogen) atoms. The van der Waals surface area contributed by atoms with Crippen molar-refractivity contribution < 1.29 is 18.7 Å². The average Bonchev–Trinajstić information content (AvgIpc) is 3.19. The van der Waals surface area contributed by atoms with Crippen molar-refractivity contribution in [2.75, 3.05) is 32.6 Å². The molecule has 0 unspecified atom stereocenters. The Morgan fingerprint density at radius 2 is 1.96 bits per heavy atom. The number of hydrogen-bond donors (Lipinski definition) is 1. The first-order valence-corrected chi connectivity index (χ1v) is 9.13. The van der Waals surface area contributed by atoms with Crippen LogP contribution in [0.15, 0.2) is 22.6 Å². The summed E-state index contributed by atoms with van der Waals surface area (Å²) in [6.45, 7) is 5.32. The van der Waals surface area contributed by atoms with Gasteiger partial charge in [0.15, 0.2) is 0 Å². The van der Waals surface area contributed by atoms with Gasteiger partial charge in [0.25, 0.3) is 0 Å². The molecule has 8 heteroatoms. The highest BCUT2D eigenvalue weighted by atomic mass is 16.5. The van der Waals surface area contributed by atoms with Gasteiger partial charge in [0.05, 0.1) is 19.9 Å². The number of amides is 2. The quantitative estimate of drug-likeness (QED) is 0.860. The summed E-state index contributed by atoms with van der Waals surface area (Å²) in [5.74, 6) is 2.99. The Morgan fingerprint density at radius 3 is 2.56 bits per heavy atom. The smallest absolute Gasteiger partial charge is 0.321 e. The summed E-state index contributed by atoms with van der Waals surface area (Å²) in [7, 11) is 3.15. The van der Waals surface area contributed by atoms with Gasteiger partial charge in [-0.2, -0.15) is 0 Å². The Kier molecular flexibility index (Phi) is 5.83. The molecule has 1 saturated heterocycles. The number of anilines is 1. The maximum absolute atomic E-state index is 12.6. The van der Waals surface area contributed by atoms with Crippen LogP contribution in [0.2, 0.25) is 0 Å². The van der Waals surface area contributed by atoms with Gasteiger partial charge in [0.2, 0.25) is 11.8 Å². The second kappa shape index (κ2) is 8.28. The highest BCUT2D eigenvalue weighted by molar-refractivity contribution is 5.91. The predicted octanol–water partition coefficient (Wildman–Crippen LogP) is 3.62. The van der Waals surface area contributed by atoms with E-state index < -0.39 is 0 Å². The molecule has 0 spiro atoms. The monoisotopic (exact) mass is 374 g/mol. The SMILES string of the molecule is COc1ccc(NC(=O)N2CCC(c3nnc(C(C)C)o3)CC2)c(OC)c1. The third-order valence-electron chi connectivity index (χ3n) is 4.73. The molecular formula is C19H26N4O4. The van der Waals surface area contributed by atoms with Gasteiger partial charge in [0, 0.05) is 31.0 Å². The topological polar surface area (TPSA) is 89.7 Å². The van der Waals surface area contributed by atoms with E-state index in [1.54, 1.807) is 37.3 Å². The van der Waals surface area contributed by atoms with Gasteiger partial charge in [-0.05, 0) is 25.0 Å². The standard InChI is InChI=1S/C19H26N4O4/c1-12(2)17-21-22-18(27-17)13-7-9-23(10-8-13)19(24)20-15-6-5-14(25-3)11-16(15)26-4/h5-6,11-13H,7-10H2,1-4H3,(H,20,24). The molecule has 146 valence electrons. The van der Waals surface area contributed by atoms with E-state index in [2.05, 4.69) is 15.5 Å². The molecule has 0 atom stereocenters. The number of likely N-dealkylation sites (tertiary alicyclic amines) is 1. The van der Waals surface area contributed by atoms with Gasteiger partial charge in [-0.1, -0.05) is 13.8 Å². The lowest BCUT2D eigenvalue weighted by Gasteiger charge is -2.30. The van der Waals surface area contributed by atoms with Crippen LogP contribution in [0.25, 0.3) is 0 Å². The molecule has 0 bridgehead atoms. The van der Waals surface area contributed by atoms with Crippen LogP contribution in [-0.2, 0) is 0 Å². The van der Waals surface area contributed by atoms with E-state index in [9.17, 15) is 4.79 Å². The van der Waals surface area contributed by atoms with Crippen molar-refractivity contribution >= 4 is 11.7 Å². The van der Waals surface area contributed by atoms with Gasteiger partial charge >= 0.3 is 6.03 Å². The number of carbonyl (C=O) groups is 1. The first-order valence-electron chi connectivity index (χ1n) is 9.13. The molecule has 0 aliphatic carbocycles. The maximum atomic E-state index is 12.6. The van der Waals surface area contributed by atoms with E-state index >= 15 is 0 Å². The van der Waals surface area contributed by atoms with E-state index in [1.165, 1.54) is 0 Å². The molecule has 1 aliphatic rings. The third kappa shape index (κ3) is 4.32. The van der Waals surface area contributed by atoms with Gasteiger partial charge in [-0.3, -0.25) is 0 Å². The summed E-state index contributed by atoms with van der Waals surface area (Å²) in [5, 5.41) is 11.2. The number of nitrogens with zero attached hydrogens (tertiary/aromatic N) is 3. The summed E-state index contributed by atoms with van der Waals surface area (Å²) >= 11 is 0. The minimum absolute atomic E-state index is 0.148. The molecule has 1 N–H and O–H groups in total. The summed E-state index contributed by atoms with van der Waals surface area (Å²) in [4.78, 5) is 14.4. The van der Waals surface area contributed by atoms with Crippen LogP contribution in [0.1, 0.15) is 50.3 Å². The summed E-state index contributed by atoms with van der Waals surface area (Å²) in [6, 6.07) is 5.15. The van der Waals surface area contributed by atoms with E-state index in [-0.39, 0.29) is 17.9 Å². The van der Waals surface area contributed by atoms with Crippen molar-refractivity contribution in [2.24, 2.45) is 0 Å². The number of hydrogen-bond acceptors (Lipinski definition) is 6. The van der Waals surface area contributed by atoms with Crippen molar-refractivity contribution in [3.05, 3.63) is 30.0 Å². The van der Waals surface area contributed by atoms with Gasteiger partial charge in [-0.25, -0.2) is 4.79 Å². The summed E-state index contributed by atoms with van der Waals surface area (Å²) in [6.07, 6.45) is 1.60. The van der Waals surface area contributed by atoms with Gasteiger partial charge in [-0.15, -0.1) is 10.2 Å². The van der Waals surface area contributed by atoms with Crippen LogP contribution in [0, 0.1) is 0 Å². The fraction of sp³-hybridized carbons (Fsp3) is 0.526. The largest absolute Gasteiger partial charge is 0.497 e. The Hall–Kier alpha value is -2.77. The van der Waals surface area contributed by atoms with Crippen LogP contribution >= 0.6 is 0 Å². The lowest BCUT2D eigenvalue weighted by molar-refractivity contribution is 0.189. The van der Waals surface area contributed by atoms with Crippen molar-refractivity contribution in [1.29, 1.82) is 0 Å². The number of piperidine rings is 1. The Labute approximate surface area is 158 Å². The van der Waals surface area contributed by atoms with Crippen molar-refractivity contribution in [3.63, 3.8) is 0 Å². The minimum Gasteiger partial charge on any atom is -0.497 e. The van der Waals surface area contributed by atoms with Crippen molar-refractivity contribution in [2.45, 2.75) is 38.5 Å². The molecule has 1 aromatic carbocycles. The highest BCUT2D eigenvalue weighted by Gasteiger charge is 2.28. The van der Waals surface area contributed by atoms with Crippen molar-refractivity contribution in [3.8, 4) is 11.5 Å². The number of nitrogens with one attached hydrogen (secondary N) is 1. The molecule has 2 aromatic rings. The normalized spacial score (nSPS) is 15.1. The lowest BCUT2D eigenvalue weighted by atomic mass is 9.97. The molecule has 2 heterocycles. The average molecular weight is 374 g/mol. The fourth-order valence-corrected chi connectivity index (χ4v) is 3.07. The zero-order valence-electron chi connectivity index (χ0n) is 16.2. The Bertz CT molecular complexity index is 782. The number of rotatable bonds is 5. The van der Waals surface area contributed by atoms with Crippen LogP contribution < -0.4 is 14.8 Å². The first-order chi connectivity index (χ1) is 13.0. The number of carbonyl (C=O) groups excluding carboxylic acids is 1. The van der Waals surface area contributed by atoms with Gasteiger partial charge < -0.3 is 24.1 Å². The van der Waals surface area contributed by atoms with Crippen molar-refractivity contribution in [1.82, 2.24) is 15.1 Å². The fourth-order valence-electron chi connectivity index (χ4n) is 3.07. The molecule has 1 aromatic heterocycles. The number of urea groups is 1. The molecule has 1 aliphatic heterocycles. The van der Waals surface area contributed by atoms with Gasteiger partial charge in [0.1, 0.15) is 11.5 Å².